The molecule has 22 nitrogen and oxygen atoms in total. The number of benzene rings is 2. The van der Waals surface area contributed by atoms with Crippen molar-refractivity contribution in [2.45, 2.75) is 128 Å². The molecule has 6 rings (SSSR count). The van der Waals surface area contributed by atoms with Gasteiger partial charge in [-0.05, 0) is 98.9 Å². The van der Waals surface area contributed by atoms with Crippen LogP contribution in [0.5, 0.6) is 0 Å². The molecule has 0 bridgehead atoms. The quantitative estimate of drug-likeness (QED) is 0.0385. The van der Waals surface area contributed by atoms with Gasteiger partial charge in [0.15, 0.2) is 0 Å². The van der Waals surface area contributed by atoms with E-state index in [0.717, 1.165) is 41.8 Å². The van der Waals surface area contributed by atoms with Crippen molar-refractivity contribution in [2.24, 2.45) is 0 Å². The van der Waals surface area contributed by atoms with Crippen LogP contribution in [0.25, 0.3) is 22.1 Å². The van der Waals surface area contributed by atoms with E-state index >= 15 is 0 Å². The molecule has 14 N–H and O–H groups in total. The van der Waals surface area contributed by atoms with Crippen LogP contribution >= 0.6 is 0 Å². The molecule has 0 unspecified atom stereocenters. The fraction of sp³-hybridized carbons (Fsp3) is 0.388. The highest BCUT2D eigenvalue weighted by Gasteiger charge is 2.23. The lowest BCUT2D eigenvalue weighted by Gasteiger charge is -2.14. The molecule has 22 heteroatoms. The highest BCUT2D eigenvalue weighted by atomic mass is 16.4. The molecule has 0 aliphatic rings. The average Bonchev–Trinajstić information content (AvgIpc) is 3.85. The Morgan fingerprint density at radius 1 is 0.521 bits per heavy atom. The first-order valence-corrected chi connectivity index (χ1v) is 19.9. The number of aromatic amines is 4. The molecule has 6 aromatic rings. The second-order valence-electron chi connectivity index (χ2n) is 14.7. The highest BCUT2D eigenvalue weighted by molar-refractivity contribution is 5.97. The van der Waals surface area contributed by atoms with Crippen LogP contribution in [0.1, 0.15) is 134 Å². The van der Waals surface area contributed by atoms with Gasteiger partial charge in [0.25, 0.3) is 22.9 Å². The van der Waals surface area contributed by atoms with Gasteiger partial charge in [-0.25, -0.2) is 9.59 Å². The predicted molar refractivity (Wildman–Crippen MR) is 278 cm³/mol. The molecular weight excluding hydrogens is 921 g/mol. The number of H-pyrrole nitrogens is 4. The van der Waals surface area contributed by atoms with Gasteiger partial charge in [0.2, 0.25) is 11.9 Å². The van der Waals surface area contributed by atoms with Crippen LogP contribution in [0, 0.1) is 0 Å². The van der Waals surface area contributed by atoms with Crippen LogP contribution in [0.2, 0.25) is 0 Å². The van der Waals surface area contributed by atoms with Gasteiger partial charge in [-0.1, -0.05) is 76.3 Å². The van der Waals surface area contributed by atoms with Crippen molar-refractivity contribution in [3.8, 4) is 0 Å². The number of nitrogens with one attached hydrogen (secondary N) is 6. The number of nitrogen functional groups attached to an aromatic ring is 2. The van der Waals surface area contributed by atoms with Crippen LogP contribution in [0.15, 0.2) is 70.3 Å². The first-order valence-electron chi connectivity index (χ1n) is 19.9. The summed E-state index contributed by atoms with van der Waals surface area (Å²) >= 11 is 0. The van der Waals surface area contributed by atoms with E-state index in [1.807, 2.05) is 6.07 Å². The number of nitrogens with two attached hydrogens (primary N) is 2. The summed E-state index contributed by atoms with van der Waals surface area (Å²) in [4.78, 5) is 111. The summed E-state index contributed by atoms with van der Waals surface area (Å²) in [7, 11) is 0. The fourth-order valence-electron chi connectivity index (χ4n) is 6.64. The Balaban J connectivity index is -0.00000119. The molecule has 392 valence electrons. The topological polar surface area (TPSA) is 383 Å². The number of carboxylic acids is 4. The van der Waals surface area contributed by atoms with E-state index in [0.29, 0.717) is 46.9 Å². The molecule has 0 aliphatic heterocycles. The van der Waals surface area contributed by atoms with E-state index in [4.69, 9.17) is 26.8 Å². The van der Waals surface area contributed by atoms with E-state index in [2.05, 4.69) is 40.5 Å². The number of anilines is 2. The number of fused-ring (bicyclic) bond motifs is 2. The summed E-state index contributed by atoms with van der Waals surface area (Å²) in [6, 6.07) is 14.5. The van der Waals surface area contributed by atoms with Crippen molar-refractivity contribution < 1.29 is 49.2 Å². The zero-order valence-corrected chi connectivity index (χ0v) is 34.1. The van der Waals surface area contributed by atoms with Gasteiger partial charge in [0.1, 0.15) is 23.4 Å². The number of carboxylic acid groups (broad SMARTS) is 4. The summed E-state index contributed by atoms with van der Waals surface area (Å²) in [5.74, 6) is -5.90. The number of hydrogen-bond acceptors (Lipinski definition) is 12. The first kappa shape index (κ1) is 67.0. The largest absolute Gasteiger partial charge is 0.481 e. The average molecular weight is 995 g/mol. The number of aryl methyl sites for hydroxylation is 4. The van der Waals surface area contributed by atoms with E-state index in [1.54, 1.807) is 54.6 Å². The van der Waals surface area contributed by atoms with Crippen LogP contribution in [-0.4, -0.2) is 98.1 Å². The molecule has 0 saturated heterocycles. The summed E-state index contributed by atoms with van der Waals surface area (Å²) in [5, 5.41) is 41.4. The lowest BCUT2D eigenvalue weighted by Crippen LogP contribution is -2.41. The van der Waals surface area contributed by atoms with Gasteiger partial charge < -0.3 is 52.5 Å². The van der Waals surface area contributed by atoms with E-state index in [1.165, 1.54) is 0 Å². The number of carbonyl (C=O) groups is 6. The summed E-state index contributed by atoms with van der Waals surface area (Å²) in [5.41, 5.74) is 15.5. The minimum Gasteiger partial charge on any atom is -0.481 e. The standard InChI is InChI=1S/2C21H23N5O6.7CH4/c22-21-25-17-14(19(30)26-21)10-13(23-17)6-2-4-11-3-1-5-12(9-11)18(29)24-15(20(31)32)7-8-16(27)28;22-21-25-17-14(19(30)26-21)10-13(23-17)3-1-2-11-4-6-12(7-5-11)18(29)24-15(20(31)32)8-9-16(27)28;;;;;;;/h1,3,5,9-10,15H,2,4,6-8H2,(H,24,29)(H,27,28)(H,31,32)(H4,22,23,25,26,30);4-7,10,15H,1-3,8-9H2,(H,24,29)(H,27,28)(H,31,32)(H4,22,23,25,26,30);7*1H4/t2*15-;;;;;;;/m00......./s1. The molecule has 0 spiro atoms. The molecule has 2 amide bonds. The monoisotopic (exact) mass is 995 g/mol. The normalized spacial score (nSPS) is 10.7. The number of hydrogen-bond donors (Lipinski definition) is 12. The third kappa shape index (κ3) is 19.7. The molecule has 0 aliphatic carbocycles. The summed E-state index contributed by atoms with van der Waals surface area (Å²) < 4.78 is 0. The third-order valence-electron chi connectivity index (χ3n) is 9.87. The SMILES string of the molecule is C.C.C.C.C.C.C.Nc1nc2[nH]c(CCCc3ccc(C(=O)N[C@@H](CCC(=O)O)C(=O)O)cc3)cc2c(=O)[nH]1.Nc1nc2[nH]c(CCCc3cccc(C(=O)N[C@@H](CCC(=O)O)C(=O)O)c3)cc2c(=O)[nH]1. The Hall–Kier alpha value is -8.30. The Labute approximate surface area is 413 Å². The molecule has 0 saturated carbocycles. The summed E-state index contributed by atoms with van der Waals surface area (Å²) in [6.07, 6.45) is 3.07. The van der Waals surface area contributed by atoms with Gasteiger partial charge in [-0.2, -0.15) is 9.97 Å². The maximum absolute atomic E-state index is 12.4. The zero-order valence-electron chi connectivity index (χ0n) is 34.1. The molecule has 71 heavy (non-hydrogen) atoms. The van der Waals surface area contributed by atoms with E-state index < -0.39 is 47.8 Å². The van der Waals surface area contributed by atoms with Gasteiger partial charge >= 0.3 is 23.9 Å². The van der Waals surface area contributed by atoms with Gasteiger partial charge in [0.05, 0.1) is 10.8 Å². The highest BCUT2D eigenvalue weighted by Crippen LogP contribution is 2.16. The van der Waals surface area contributed by atoms with Crippen molar-refractivity contribution >= 4 is 69.7 Å². The molecule has 4 heterocycles. The van der Waals surface area contributed by atoms with Crippen molar-refractivity contribution in [1.29, 1.82) is 0 Å². The maximum Gasteiger partial charge on any atom is 0.326 e. The maximum atomic E-state index is 12.4. The molecule has 2 atom stereocenters. The number of nitrogens with zero attached hydrogens (tertiary/aromatic N) is 2. The minimum atomic E-state index is -1.29. The van der Waals surface area contributed by atoms with Crippen molar-refractivity contribution in [1.82, 2.24) is 40.5 Å². The number of carbonyl (C=O) groups excluding carboxylic acids is 2. The Bertz CT molecular complexity index is 2800. The van der Waals surface area contributed by atoms with E-state index in [9.17, 15) is 43.5 Å². The van der Waals surface area contributed by atoms with Gasteiger partial charge in [-0.15, -0.1) is 0 Å². The number of amides is 2. The van der Waals surface area contributed by atoms with Crippen LogP contribution < -0.4 is 33.2 Å². The van der Waals surface area contributed by atoms with Crippen LogP contribution in [0.3, 0.4) is 0 Å². The zero-order chi connectivity index (χ0) is 46.5. The lowest BCUT2D eigenvalue weighted by atomic mass is 10.0. The molecule has 0 fully saturated rings. The van der Waals surface area contributed by atoms with Gasteiger partial charge in [-0.3, -0.25) is 38.7 Å². The Kier molecular flexibility index (Phi) is 29.2. The second kappa shape index (κ2) is 31.0. The predicted octanol–water partition coefficient (Wildman–Crippen LogP) is 6.57. The van der Waals surface area contributed by atoms with Gasteiger partial charge in [0, 0.05) is 35.4 Å². The number of aromatic nitrogens is 6. The van der Waals surface area contributed by atoms with Crippen LogP contribution in [-0.2, 0) is 44.9 Å². The van der Waals surface area contributed by atoms with Crippen LogP contribution in [0.4, 0.5) is 11.9 Å². The molecular formula is C49H74N10O12. The Morgan fingerprint density at radius 2 is 0.930 bits per heavy atom. The van der Waals surface area contributed by atoms with Crippen molar-refractivity contribution in [3.05, 3.63) is 115 Å². The van der Waals surface area contributed by atoms with E-state index in [-0.39, 0.29) is 106 Å². The first-order chi connectivity index (χ1) is 30.4. The number of aliphatic carboxylic acids is 4. The smallest absolute Gasteiger partial charge is 0.326 e. The molecule has 4 aromatic heterocycles. The lowest BCUT2D eigenvalue weighted by molar-refractivity contribution is -0.142. The third-order valence-corrected chi connectivity index (χ3v) is 9.87. The minimum absolute atomic E-state index is 0. The molecule has 0 radical (unpaired) electrons. The molecule has 2 aromatic carbocycles. The summed E-state index contributed by atoms with van der Waals surface area (Å²) in [6.45, 7) is 0. The second-order valence-corrected chi connectivity index (χ2v) is 14.7. The Morgan fingerprint density at radius 3 is 1.34 bits per heavy atom. The number of rotatable bonds is 20. The van der Waals surface area contributed by atoms with Crippen molar-refractivity contribution in [3.63, 3.8) is 0 Å². The fourth-order valence-corrected chi connectivity index (χ4v) is 6.64. The van der Waals surface area contributed by atoms with Crippen molar-refractivity contribution in [2.75, 3.05) is 11.5 Å².